The van der Waals surface area contributed by atoms with Crippen molar-refractivity contribution in [1.82, 2.24) is 5.43 Å². The number of nitrogens with one attached hydrogen (secondary N) is 1. The van der Waals surface area contributed by atoms with Gasteiger partial charge in [0.05, 0.1) is 23.9 Å². The number of aryl methyl sites for hydroxylation is 2. The molecule has 3 aromatic carbocycles. The first-order valence-corrected chi connectivity index (χ1v) is 11.8. The van der Waals surface area contributed by atoms with E-state index in [1.807, 2.05) is 38.1 Å². The molecule has 1 amide bonds. The number of amides is 1. The zero-order valence-electron chi connectivity index (χ0n) is 18.4. The maximum atomic E-state index is 13.5. The van der Waals surface area contributed by atoms with Crippen molar-refractivity contribution < 1.29 is 17.9 Å². The van der Waals surface area contributed by atoms with Crippen LogP contribution in [0.3, 0.4) is 0 Å². The second-order valence-corrected chi connectivity index (χ2v) is 9.65. The fourth-order valence-electron chi connectivity index (χ4n) is 3.09. The lowest BCUT2D eigenvalue weighted by Crippen LogP contribution is -2.39. The largest absolute Gasteiger partial charge is 0.495 e. The van der Waals surface area contributed by atoms with Crippen molar-refractivity contribution in [2.75, 3.05) is 18.0 Å². The molecule has 172 valence electrons. The molecule has 7 nitrogen and oxygen atoms in total. The second-order valence-electron chi connectivity index (χ2n) is 7.35. The number of benzene rings is 3. The van der Waals surface area contributed by atoms with Gasteiger partial charge in [-0.2, -0.15) is 5.10 Å². The summed E-state index contributed by atoms with van der Waals surface area (Å²) in [5, 5.41) is 4.25. The minimum Gasteiger partial charge on any atom is -0.495 e. The third-order valence-electron chi connectivity index (χ3n) is 4.75. The molecule has 0 radical (unpaired) electrons. The number of halogens is 1. The highest BCUT2D eigenvalue weighted by Crippen LogP contribution is 2.34. The maximum Gasteiger partial charge on any atom is 0.264 e. The van der Waals surface area contributed by atoms with Gasteiger partial charge in [0.25, 0.3) is 15.9 Å². The van der Waals surface area contributed by atoms with Crippen LogP contribution in [-0.2, 0) is 14.8 Å². The number of nitrogens with zero attached hydrogens (tertiary/aromatic N) is 2. The minimum atomic E-state index is -4.12. The summed E-state index contributed by atoms with van der Waals surface area (Å²) >= 11 is 6.13. The van der Waals surface area contributed by atoms with Crippen LogP contribution in [0.2, 0.25) is 5.02 Å². The molecule has 0 aromatic heterocycles. The molecular weight excluding hydrogens is 462 g/mol. The lowest BCUT2D eigenvalue weighted by Gasteiger charge is -2.25. The third-order valence-corrected chi connectivity index (χ3v) is 6.76. The average molecular weight is 486 g/mol. The van der Waals surface area contributed by atoms with Gasteiger partial charge in [-0.3, -0.25) is 9.10 Å². The number of ether oxygens (including phenoxy) is 1. The molecule has 0 fully saturated rings. The summed E-state index contributed by atoms with van der Waals surface area (Å²) in [6.45, 7) is 3.27. The molecular formula is C24H24ClN3O4S. The predicted octanol–water partition coefficient (Wildman–Crippen LogP) is 4.31. The van der Waals surface area contributed by atoms with E-state index in [-0.39, 0.29) is 16.3 Å². The Hall–Kier alpha value is -3.36. The number of carbonyl (C=O) groups excluding carboxylic acids is 1. The number of carbonyl (C=O) groups is 1. The van der Waals surface area contributed by atoms with E-state index < -0.39 is 22.5 Å². The first-order valence-electron chi connectivity index (χ1n) is 10.0. The standard InChI is InChI=1S/C24H24ClN3O4S/c1-17-7-10-21(11-8-17)33(30,31)28(22-14-20(25)9-12-23(22)32-3)16-24(29)27-26-15-19-6-4-5-18(2)13-19/h4-15H,16H2,1-3H3,(H,27,29)/b26-15-. The molecule has 0 unspecified atom stereocenters. The number of rotatable bonds is 8. The van der Waals surface area contributed by atoms with Gasteiger partial charge in [-0.05, 0) is 49.7 Å². The van der Waals surface area contributed by atoms with Gasteiger partial charge in [0.1, 0.15) is 12.3 Å². The molecule has 0 saturated heterocycles. The van der Waals surface area contributed by atoms with Crippen molar-refractivity contribution in [2.45, 2.75) is 18.7 Å². The van der Waals surface area contributed by atoms with E-state index in [4.69, 9.17) is 16.3 Å². The van der Waals surface area contributed by atoms with E-state index in [0.29, 0.717) is 5.02 Å². The van der Waals surface area contributed by atoms with Crippen LogP contribution in [0.5, 0.6) is 5.75 Å². The predicted molar refractivity (Wildman–Crippen MR) is 131 cm³/mol. The van der Waals surface area contributed by atoms with Gasteiger partial charge >= 0.3 is 0 Å². The molecule has 0 saturated carbocycles. The first-order chi connectivity index (χ1) is 15.7. The molecule has 0 aliphatic heterocycles. The quantitative estimate of drug-likeness (QED) is 0.380. The zero-order valence-corrected chi connectivity index (χ0v) is 20.0. The third kappa shape index (κ3) is 6.12. The van der Waals surface area contributed by atoms with Crippen LogP contribution in [0.25, 0.3) is 0 Å². The van der Waals surface area contributed by atoms with Crippen molar-refractivity contribution in [3.63, 3.8) is 0 Å². The van der Waals surface area contributed by atoms with Crippen molar-refractivity contribution in [1.29, 1.82) is 0 Å². The fraction of sp³-hybridized carbons (Fsp3) is 0.167. The summed E-state index contributed by atoms with van der Waals surface area (Å²) in [5.74, 6) is -0.372. The summed E-state index contributed by atoms with van der Waals surface area (Å²) in [5.41, 5.74) is 5.29. The number of hydrogen-bond donors (Lipinski definition) is 1. The lowest BCUT2D eigenvalue weighted by molar-refractivity contribution is -0.119. The highest BCUT2D eigenvalue weighted by Gasteiger charge is 2.29. The normalized spacial score (nSPS) is 11.4. The van der Waals surface area contributed by atoms with E-state index in [2.05, 4.69) is 10.5 Å². The molecule has 0 bridgehead atoms. The number of methoxy groups -OCH3 is 1. The summed E-state index contributed by atoms with van der Waals surface area (Å²) in [7, 11) is -2.70. The number of hydrazone groups is 1. The zero-order chi connectivity index (χ0) is 24.0. The monoisotopic (exact) mass is 485 g/mol. The molecule has 0 heterocycles. The topological polar surface area (TPSA) is 88.1 Å². The van der Waals surface area contributed by atoms with Gasteiger partial charge in [0.15, 0.2) is 0 Å². The van der Waals surface area contributed by atoms with Crippen LogP contribution in [0.15, 0.2) is 76.7 Å². The molecule has 9 heteroatoms. The van der Waals surface area contributed by atoms with Crippen LogP contribution in [0, 0.1) is 13.8 Å². The molecule has 0 atom stereocenters. The van der Waals surface area contributed by atoms with Gasteiger partial charge < -0.3 is 4.74 Å². The van der Waals surface area contributed by atoms with E-state index in [0.717, 1.165) is 21.0 Å². The Balaban J connectivity index is 1.93. The average Bonchev–Trinajstić information content (AvgIpc) is 2.78. The summed E-state index contributed by atoms with van der Waals surface area (Å²) < 4.78 is 33.3. The Morgan fingerprint density at radius 1 is 1.06 bits per heavy atom. The van der Waals surface area contributed by atoms with Crippen LogP contribution in [0.4, 0.5) is 5.69 Å². The van der Waals surface area contributed by atoms with Crippen molar-refractivity contribution >= 4 is 39.4 Å². The lowest BCUT2D eigenvalue weighted by atomic mass is 10.2. The molecule has 0 aliphatic carbocycles. The molecule has 0 spiro atoms. The van der Waals surface area contributed by atoms with Crippen molar-refractivity contribution in [3.05, 3.63) is 88.4 Å². The van der Waals surface area contributed by atoms with E-state index >= 15 is 0 Å². The SMILES string of the molecule is COc1ccc(Cl)cc1N(CC(=O)N/N=C\c1cccc(C)c1)S(=O)(=O)c1ccc(C)cc1. The Labute approximate surface area is 198 Å². The highest BCUT2D eigenvalue weighted by molar-refractivity contribution is 7.92. The van der Waals surface area contributed by atoms with E-state index in [9.17, 15) is 13.2 Å². The Kier molecular flexibility index (Phi) is 7.73. The Bertz CT molecular complexity index is 1280. The van der Waals surface area contributed by atoms with Gasteiger partial charge in [-0.15, -0.1) is 0 Å². The number of sulfonamides is 1. The van der Waals surface area contributed by atoms with Gasteiger partial charge in [0, 0.05) is 5.02 Å². The van der Waals surface area contributed by atoms with Gasteiger partial charge in [-0.1, -0.05) is 59.1 Å². The molecule has 1 N–H and O–H groups in total. The number of anilines is 1. The van der Waals surface area contributed by atoms with Crippen molar-refractivity contribution in [2.24, 2.45) is 5.10 Å². The summed E-state index contributed by atoms with van der Waals surface area (Å²) in [6.07, 6.45) is 1.49. The minimum absolute atomic E-state index is 0.0335. The van der Waals surface area contributed by atoms with Crippen LogP contribution >= 0.6 is 11.6 Å². The maximum absolute atomic E-state index is 13.5. The Morgan fingerprint density at radius 3 is 2.45 bits per heavy atom. The van der Waals surface area contributed by atoms with E-state index in [1.54, 1.807) is 24.3 Å². The second kappa shape index (κ2) is 10.5. The van der Waals surface area contributed by atoms with Crippen LogP contribution in [0.1, 0.15) is 16.7 Å². The summed E-state index contributed by atoms with van der Waals surface area (Å²) in [4.78, 5) is 12.7. The fourth-order valence-corrected chi connectivity index (χ4v) is 4.68. The molecule has 33 heavy (non-hydrogen) atoms. The molecule has 3 aromatic rings. The van der Waals surface area contributed by atoms with Gasteiger partial charge in [-0.25, -0.2) is 13.8 Å². The molecule has 3 rings (SSSR count). The first kappa shape index (κ1) is 24.3. The van der Waals surface area contributed by atoms with Crippen molar-refractivity contribution in [3.8, 4) is 5.75 Å². The van der Waals surface area contributed by atoms with E-state index in [1.165, 1.54) is 31.5 Å². The van der Waals surface area contributed by atoms with Crippen LogP contribution in [-0.4, -0.2) is 34.2 Å². The smallest absolute Gasteiger partial charge is 0.264 e. The van der Waals surface area contributed by atoms with Crippen LogP contribution < -0.4 is 14.5 Å². The Morgan fingerprint density at radius 2 is 1.79 bits per heavy atom. The summed E-state index contributed by atoms with van der Waals surface area (Å²) in [6, 6.07) is 18.5. The highest BCUT2D eigenvalue weighted by atomic mass is 35.5. The van der Waals surface area contributed by atoms with Gasteiger partial charge in [0.2, 0.25) is 0 Å². The molecule has 0 aliphatic rings. The number of hydrogen-bond acceptors (Lipinski definition) is 5.